The highest BCUT2D eigenvalue weighted by molar-refractivity contribution is 6.03. The third-order valence-electron chi connectivity index (χ3n) is 3.40. The number of ketones is 1. The molecule has 1 aliphatic carbocycles. The molecule has 1 N–H and O–H groups in total. The molecule has 2 aromatic rings. The van der Waals surface area contributed by atoms with Crippen LogP contribution in [-0.4, -0.2) is 32.3 Å². The Labute approximate surface area is 110 Å². The topological polar surface area (TPSA) is 68.0 Å². The fourth-order valence-electron chi connectivity index (χ4n) is 2.57. The van der Waals surface area contributed by atoms with Crippen molar-refractivity contribution >= 4 is 5.78 Å². The zero-order valence-corrected chi connectivity index (χ0v) is 10.5. The molecule has 3 rings (SSSR count). The number of aromatic nitrogens is 3. The molecule has 98 valence electrons. The zero-order chi connectivity index (χ0) is 13.2. The third-order valence-corrected chi connectivity index (χ3v) is 3.40. The Balaban J connectivity index is 2.17. The monoisotopic (exact) mass is 257 g/mol. The van der Waals surface area contributed by atoms with Crippen LogP contribution in [0.1, 0.15) is 28.9 Å². The Bertz CT molecular complexity index is 605. The van der Waals surface area contributed by atoms with E-state index in [2.05, 4.69) is 10.1 Å². The molecule has 0 amide bonds. The number of pyridine rings is 1. The molecular weight excluding hydrogens is 242 g/mol. The van der Waals surface area contributed by atoms with Gasteiger partial charge in [-0.1, -0.05) is 0 Å². The highest BCUT2D eigenvalue weighted by atomic mass is 16.3. The Hall–Kier alpha value is -2.01. The molecule has 5 nitrogen and oxygen atoms in total. The van der Waals surface area contributed by atoms with Crippen LogP contribution in [0.3, 0.4) is 0 Å². The molecule has 0 saturated heterocycles. The van der Waals surface area contributed by atoms with E-state index in [9.17, 15) is 4.79 Å². The number of fused-ring (bicyclic) bond motifs is 1. The van der Waals surface area contributed by atoms with Crippen molar-refractivity contribution < 1.29 is 9.90 Å². The van der Waals surface area contributed by atoms with Gasteiger partial charge in [0, 0.05) is 30.1 Å². The largest absolute Gasteiger partial charge is 0.394 e. The molecular formula is C14H15N3O2. The number of aliphatic hydroxyl groups is 1. The van der Waals surface area contributed by atoms with Crippen molar-refractivity contribution in [3.63, 3.8) is 0 Å². The number of Topliss-reactive ketones (excluding diaryl/α,β-unsaturated/α-hetero) is 1. The van der Waals surface area contributed by atoms with Gasteiger partial charge in [0.25, 0.3) is 0 Å². The summed E-state index contributed by atoms with van der Waals surface area (Å²) in [6, 6.07) is 3.74. The number of carbonyl (C=O) groups excluding carboxylic acids is 1. The molecule has 2 aromatic heterocycles. The van der Waals surface area contributed by atoms with Gasteiger partial charge in [-0.2, -0.15) is 5.10 Å². The van der Waals surface area contributed by atoms with Gasteiger partial charge in [-0.15, -0.1) is 0 Å². The number of rotatable bonds is 3. The van der Waals surface area contributed by atoms with Crippen molar-refractivity contribution in [3.05, 3.63) is 35.8 Å². The minimum Gasteiger partial charge on any atom is -0.394 e. The summed E-state index contributed by atoms with van der Waals surface area (Å²) in [4.78, 5) is 16.2. The molecule has 0 aliphatic heterocycles. The molecule has 19 heavy (non-hydrogen) atoms. The predicted octanol–water partition coefficient (Wildman–Crippen LogP) is 1.46. The fraction of sp³-hybridized carbons (Fsp3) is 0.357. The predicted molar refractivity (Wildman–Crippen MR) is 69.8 cm³/mol. The summed E-state index contributed by atoms with van der Waals surface area (Å²) < 4.78 is 1.76. The van der Waals surface area contributed by atoms with Crippen molar-refractivity contribution in [2.75, 3.05) is 6.61 Å². The van der Waals surface area contributed by atoms with Crippen molar-refractivity contribution in [1.82, 2.24) is 14.8 Å². The maximum Gasteiger partial charge on any atom is 0.166 e. The second kappa shape index (κ2) is 4.93. The number of hydrogen-bond donors (Lipinski definition) is 1. The Morgan fingerprint density at radius 3 is 3.00 bits per heavy atom. The van der Waals surface area contributed by atoms with Gasteiger partial charge < -0.3 is 5.11 Å². The first-order chi connectivity index (χ1) is 9.31. The lowest BCUT2D eigenvalue weighted by atomic mass is 9.93. The minimum absolute atomic E-state index is 0.0226. The second-order valence-electron chi connectivity index (χ2n) is 4.64. The van der Waals surface area contributed by atoms with Crippen LogP contribution in [0.25, 0.3) is 11.3 Å². The minimum atomic E-state index is 0.0226. The van der Waals surface area contributed by atoms with Gasteiger partial charge in [0.15, 0.2) is 5.78 Å². The lowest BCUT2D eigenvalue weighted by Crippen LogP contribution is -2.15. The lowest BCUT2D eigenvalue weighted by molar-refractivity contribution is 0.0972. The molecule has 0 bridgehead atoms. The lowest BCUT2D eigenvalue weighted by Gasteiger charge is -2.12. The van der Waals surface area contributed by atoms with Crippen molar-refractivity contribution in [3.8, 4) is 11.3 Å². The molecule has 0 fully saturated rings. The van der Waals surface area contributed by atoms with Gasteiger partial charge in [-0.3, -0.25) is 14.5 Å². The van der Waals surface area contributed by atoms with Crippen LogP contribution < -0.4 is 0 Å². The van der Waals surface area contributed by atoms with E-state index in [-0.39, 0.29) is 12.4 Å². The standard InChI is InChI=1S/C14H15N3O2/c18-8-7-17-11-4-1-5-12(19)13(11)14(16-17)10-3-2-6-15-9-10/h2-3,6,9,18H,1,4-5,7-8H2. The van der Waals surface area contributed by atoms with Gasteiger partial charge in [0.05, 0.1) is 18.7 Å². The average molecular weight is 257 g/mol. The van der Waals surface area contributed by atoms with Crippen LogP contribution in [0.4, 0.5) is 0 Å². The van der Waals surface area contributed by atoms with Gasteiger partial charge >= 0.3 is 0 Å². The average Bonchev–Trinajstić information content (AvgIpc) is 2.81. The first-order valence-electron chi connectivity index (χ1n) is 6.45. The van der Waals surface area contributed by atoms with Crippen LogP contribution in [0.2, 0.25) is 0 Å². The van der Waals surface area contributed by atoms with E-state index in [1.807, 2.05) is 12.1 Å². The van der Waals surface area contributed by atoms with E-state index in [0.29, 0.717) is 24.2 Å². The zero-order valence-electron chi connectivity index (χ0n) is 10.5. The Kier molecular flexibility index (Phi) is 3.13. The fourth-order valence-corrected chi connectivity index (χ4v) is 2.57. The van der Waals surface area contributed by atoms with Crippen molar-refractivity contribution in [2.45, 2.75) is 25.8 Å². The van der Waals surface area contributed by atoms with Crippen molar-refractivity contribution in [1.29, 1.82) is 0 Å². The summed E-state index contributed by atoms with van der Waals surface area (Å²) in [5, 5.41) is 13.6. The SMILES string of the molecule is O=C1CCCc2c1c(-c1cccnc1)nn2CCO. The summed E-state index contributed by atoms with van der Waals surface area (Å²) in [5.41, 5.74) is 3.21. The molecule has 0 saturated carbocycles. The smallest absolute Gasteiger partial charge is 0.166 e. The van der Waals surface area contributed by atoms with Crippen LogP contribution >= 0.6 is 0 Å². The quantitative estimate of drug-likeness (QED) is 0.903. The molecule has 0 spiro atoms. The second-order valence-corrected chi connectivity index (χ2v) is 4.64. The van der Waals surface area contributed by atoms with Crippen LogP contribution in [0, 0.1) is 0 Å². The van der Waals surface area contributed by atoms with E-state index in [1.54, 1.807) is 17.1 Å². The van der Waals surface area contributed by atoms with Gasteiger partial charge in [0.2, 0.25) is 0 Å². The summed E-state index contributed by atoms with van der Waals surface area (Å²) in [7, 11) is 0. The van der Waals surface area contributed by atoms with E-state index in [1.165, 1.54) is 0 Å². The summed E-state index contributed by atoms with van der Waals surface area (Å²) >= 11 is 0. The summed E-state index contributed by atoms with van der Waals surface area (Å²) in [6.45, 7) is 0.449. The summed E-state index contributed by atoms with van der Waals surface area (Å²) in [6.07, 6.45) is 5.69. The van der Waals surface area contributed by atoms with E-state index < -0.39 is 0 Å². The first kappa shape index (κ1) is 12.0. The Morgan fingerprint density at radius 2 is 2.26 bits per heavy atom. The number of nitrogens with zero attached hydrogens (tertiary/aromatic N) is 3. The van der Waals surface area contributed by atoms with E-state index >= 15 is 0 Å². The molecule has 2 heterocycles. The van der Waals surface area contributed by atoms with Crippen LogP contribution in [0.5, 0.6) is 0 Å². The van der Waals surface area contributed by atoms with E-state index in [0.717, 1.165) is 24.1 Å². The highest BCUT2D eigenvalue weighted by Crippen LogP contribution is 2.30. The molecule has 1 aliphatic rings. The van der Waals surface area contributed by atoms with Crippen LogP contribution in [0.15, 0.2) is 24.5 Å². The van der Waals surface area contributed by atoms with Gasteiger partial charge in [-0.25, -0.2) is 0 Å². The molecule has 0 unspecified atom stereocenters. The molecule has 5 heteroatoms. The maximum atomic E-state index is 12.2. The number of aliphatic hydroxyl groups excluding tert-OH is 1. The van der Waals surface area contributed by atoms with E-state index in [4.69, 9.17) is 5.11 Å². The molecule has 0 atom stereocenters. The maximum absolute atomic E-state index is 12.2. The van der Waals surface area contributed by atoms with Gasteiger partial charge in [-0.05, 0) is 25.0 Å². The number of hydrogen-bond acceptors (Lipinski definition) is 4. The molecule has 0 radical (unpaired) electrons. The van der Waals surface area contributed by atoms with Crippen LogP contribution in [-0.2, 0) is 13.0 Å². The van der Waals surface area contributed by atoms with Gasteiger partial charge in [0.1, 0.15) is 5.69 Å². The normalized spacial score (nSPS) is 14.5. The third kappa shape index (κ3) is 2.06. The van der Waals surface area contributed by atoms with Crippen molar-refractivity contribution in [2.24, 2.45) is 0 Å². The summed E-state index contributed by atoms with van der Waals surface area (Å²) in [5.74, 6) is 0.143. The molecule has 0 aromatic carbocycles. The first-order valence-corrected chi connectivity index (χ1v) is 6.45. The number of carbonyl (C=O) groups is 1. The highest BCUT2D eigenvalue weighted by Gasteiger charge is 2.27. The Morgan fingerprint density at radius 1 is 1.37 bits per heavy atom.